The van der Waals surface area contributed by atoms with Crippen molar-refractivity contribution in [2.45, 2.75) is 92.1 Å². The lowest BCUT2D eigenvalue weighted by atomic mass is 9.96. The van der Waals surface area contributed by atoms with E-state index in [1.165, 1.54) is 7.05 Å². The maximum atomic E-state index is 10.9. The molecule has 230 valence electrons. The van der Waals surface area contributed by atoms with Crippen LogP contribution in [-0.2, 0) is 28.4 Å². The van der Waals surface area contributed by atoms with Crippen LogP contribution in [0, 0.1) is 0 Å². The van der Waals surface area contributed by atoms with E-state index >= 15 is 0 Å². The van der Waals surface area contributed by atoms with E-state index in [4.69, 9.17) is 28.4 Å². The fourth-order valence-corrected chi connectivity index (χ4v) is 4.40. The van der Waals surface area contributed by atoms with Gasteiger partial charge in [-0.15, -0.1) is 10.6 Å². The van der Waals surface area contributed by atoms with Crippen molar-refractivity contribution in [3.05, 3.63) is 0 Å². The van der Waals surface area contributed by atoms with Gasteiger partial charge in [-0.25, -0.2) is 0 Å². The zero-order valence-corrected chi connectivity index (χ0v) is 20.9. The Kier molecular flexibility index (Phi) is 12.1. The summed E-state index contributed by atoms with van der Waals surface area (Å²) in [6, 6.07) is 0. The van der Waals surface area contributed by atoms with E-state index in [9.17, 15) is 56.3 Å². The van der Waals surface area contributed by atoms with Gasteiger partial charge in [-0.1, -0.05) is 0 Å². The summed E-state index contributed by atoms with van der Waals surface area (Å²) < 4.78 is 32.4. The van der Waals surface area contributed by atoms with Crippen molar-refractivity contribution in [1.29, 1.82) is 0 Å². The van der Waals surface area contributed by atoms with Crippen molar-refractivity contribution in [3.8, 4) is 0 Å². The molecule has 19 nitrogen and oxygen atoms in total. The summed E-state index contributed by atoms with van der Waals surface area (Å²) in [6.07, 6.45) is -25.1. The second-order valence-corrected chi connectivity index (χ2v) is 9.39. The molecule has 3 fully saturated rings. The summed E-state index contributed by atoms with van der Waals surface area (Å²) in [7, 11) is 1.32. The molecule has 16 atom stereocenters. The molecule has 0 bridgehead atoms. The molecular weight excluding hydrogens is 540 g/mol. The Morgan fingerprint density at radius 1 is 0.590 bits per heavy atom. The first-order valence-corrected chi connectivity index (χ1v) is 12.2. The smallest absolute Gasteiger partial charge is 0.188 e. The second kappa shape index (κ2) is 14.4. The third-order valence-electron chi connectivity index (χ3n) is 6.65. The highest BCUT2D eigenvalue weighted by molar-refractivity contribution is 4.96. The fourth-order valence-electron chi connectivity index (χ4n) is 4.40. The van der Waals surface area contributed by atoms with Crippen molar-refractivity contribution < 1.29 is 89.9 Å². The van der Waals surface area contributed by atoms with Gasteiger partial charge in [0, 0.05) is 0 Å². The van der Waals surface area contributed by atoms with Crippen LogP contribution in [0.4, 0.5) is 0 Å². The van der Waals surface area contributed by atoms with E-state index in [0.717, 1.165) is 0 Å². The molecule has 0 aromatic rings. The molecule has 3 rings (SSSR count). The second-order valence-electron chi connectivity index (χ2n) is 9.39. The van der Waals surface area contributed by atoms with Gasteiger partial charge in [0.05, 0.1) is 19.8 Å². The Hall–Kier alpha value is -0.760. The molecular formula is C20H39N2O17+. The van der Waals surface area contributed by atoms with E-state index in [1.807, 2.05) is 0 Å². The molecule has 0 spiro atoms. The first-order valence-electron chi connectivity index (χ1n) is 12.2. The average Bonchev–Trinajstić information content (AvgIpc) is 2.91. The van der Waals surface area contributed by atoms with Gasteiger partial charge in [0.2, 0.25) is 0 Å². The van der Waals surface area contributed by atoms with Crippen LogP contribution in [0.1, 0.15) is 0 Å². The minimum absolute atomic E-state index is 0.204. The van der Waals surface area contributed by atoms with Crippen molar-refractivity contribution in [3.63, 3.8) is 0 Å². The predicted molar refractivity (Wildman–Crippen MR) is 117 cm³/mol. The number of nitrogens with one attached hydrogen (secondary N) is 2. The number of hydroxylamine groups is 1. The molecule has 0 saturated carbocycles. The quantitative estimate of drug-likeness (QED) is 0.0798. The molecule has 3 aliphatic rings. The lowest BCUT2D eigenvalue weighted by Crippen LogP contribution is -3.13. The molecule has 3 aliphatic heterocycles. The summed E-state index contributed by atoms with van der Waals surface area (Å²) in [4.78, 5) is 0. The highest BCUT2D eigenvalue weighted by Crippen LogP contribution is 2.32. The van der Waals surface area contributed by atoms with Gasteiger partial charge >= 0.3 is 0 Å². The number of quaternary nitrogens is 1. The maximum absolute atomic E-state index is 10.9. The van der Waals surface area contributed by atoms with Gasteiger partial charge in [-0.05, 0) is 0 Å². The van der Waals surface area contributed by atoms with Crippen LogP contribution in [-0.4, -0.2) is 182 Å². The van der Waals surface area contributed by atoms with E-state index in [-0.39, 0.29) is 11.9 Å². The third-order valence-corrected chi connectivity index (χ3v) is 6.65. The zero-order chi connectivity index (χ0) is 29.0. The molecule has 0 amide bonds. The largest absolute Gasteiger partial charge is 0.394 e. The Morgan fingerprint density at radius 2 is 1.00 bits per heavy atom. The van der Waals surface area contributed by atoms with E-state index in [2.05, 4.69) is 5.43 Å². The molecule has 1 unspecified atom stereocenters. The molecule has 0 aromatic carbocycles. The third kappa shape index (κ3) is 7.37. The monoisotopic (exact) mass is 579 g/mol. The SMILES string of the molecule is C[NH+](O)NCO[C@@H]1O[C@H](CO)[C@@H](O)[C@H](O[C@@H]2O[C@H](CO)[C@@H](O)[C@H](O[C@@H]3O[C@H](CO)[C@@H](O)[C@H](O)[C@H]3O)[C@H]2O)[C@H]1O. The number of ether oxygens (including phenoxy) is 6. The van der Waals surface area contributed by atoms with Gasteiger partial charge in [0.25, 0.3) is 0 Å². The first kappa shape index (κ1) is 32.8. The summed E-state index contributed by atoms with van der Waals surface area (Å²) in [5.74, 6) is 0. The Morgan fingerprint density at radius 3 is 1.46 bits per heavy atom. The molecule has 13 N–H and O–H groups in total. The normalized spacial score (nSPS) is 48.2. The van der Waals surface area contributed by atoms with E-state index in [0.29, 0.717) is 0 Å². The van der Waals surface area contributed by atoms with Crippen molar-refractivity contribution in [2.75, 3.05) is 33.6 Å². The molecule has 0 aliphatic carbocycles. The van der Waals surface area contributed by atoms with Crippen LogP contribution in [0.15, 0.2) is 0 Å². The highest BCUT2D eigenvalue weighted by atomic mass is 16.8. The van der Waals surface area contributed by atoms with Crippen molar-refractivity contribution >= 4 is 0 Å². The molecule has 0 radical (unpaired) electrons. The topological polar surface area (TPSA) is 294 Å². The van der Waals surface area contributed by atoms with Crippen LogP contribution < -0.4 is 10.6 Å². The molecule has 3 heterocycles. The minimum atomic E-state index is -1.93. The number of aliphatic hydroxyl groups is 10. The fraction of sp³-hybridized carbons (Fsp3) is 1.00. The number of rotatable bonds is 11. The minimum Gasteiger partial charge on any atom is -0.394 e. The van der Waals surface area contributed by atoms with Gasteiger partial charge in [0.15, 0.2) is 18.9 Å². The predicted octanol–water partition coefficient (Wildman–Crippen LogP) is -9.18. The average molecular weight is 580 g/mol. The van der Waals surface area contributed by atoms with E-state index < -0.39 is 112 Å². The van der Waals surface area contributed by atoms with Crippen LogP contribution in [0.3, 0.4) is 0 Å². The summed E-state index contributed by atoms with van der Waals surface area (Å²) in [5, 5.41) is 111. The number of hydrogen-bond acceptors (Lipinski definition) is 18. The maximum Gasteiger partial charge on any atom is 0.188 e. The molecule has 19 heteroatoms. The molecule has 39 heavy (non-hydrogen) atoms. The highest BCUT2D eigenvalue weighted by Gasteiger charge is 2.53. The van der Waals surface area contributed by atoms with Crippen LogP contribution in [0.25, 0.3) is 0 Å². The van der Waals surface area contributed by atoms with Crippen molar-refractivity contribution in [1.82, 2.24) is 5.43 Å². The lowest BCUT2D eigenvalue weighted by molar-refractivity contribution is -1.11. The number of aliphatic hydroxyl groups excluding tert-OH is 10. The van der Waals surface area contributed by atoms with Gasteiger partial charge < -0.3 is 79.5 Å². The van der Waals surface area contributed by atoms with E-state index in [1.54, 1.807) is 0 Å². The van der Waals surface area contributed by atoms with Crippen LogP contribution in [0.2, 0.25) is 0 Å². The molecule has 3 saturated heterocycles. The molecule has 0 aromatic heterocycles. The Bertz CT molecular complexity index is 738. The number of hydrogen-bond donors (Lipinski definition) is 13. The van der Waals surface area contributed by atoms with Crippen LogP contribution in [0.5, 0.6) is 0 Å². The standard InChI is InChI=1S/C20H38N2O17/c1-22(33)21-5-34-18-14(31)16(10(27)7(3-24)35-18)39-20-15(32)17(11(28)8(4-25)37-20)38-19-13(30)12(29)9(26)6(2-23)36-19/h6-21,23-33H,2-5H2,1H3/p+1/t6-,7-,8-,9-,10-,11-,12+,13-,14-,15-,16+,17+,18-,19+,20+/m1/s1. The van der Waals surface area contributed by atoms with Crippen LogP contribution >= 0.6 is 0 Å². The summed E-state index contributed by atoms with van der Waals surface area (Å²) in [5.41, 5.74) is 2.42. The van der Waals surface area contributed by atoms with Gasteiger partial charge in [0.1, 0.15) is 87.0 Å². The van der Waals surface area contributed by atoms with Gasteiger partial charge in [-0.2, -0.15) is 5.21 Å². The summed E-state index contributed by atoms with van der Waals surface area (Å²) in [6.45, 7) is -2.67. The summed E-state index contributed by atoms with van der Waals surface area (Å²) >= 11 is 0. The Balaban J connectivity index is 1.77. The van der Waals surface area contributed by atoms with Gasteiger partial charge in [-0.3, -0.25) is 0 Å². The van der Waals surface area contributed by atoms with Crippen molar-refractivity contribution in [2.24, 2.45) is 0 Å². The lowest BCUT2D eigenvalue weighted by Gasteiger charge is -2.48. The zero-order valence-electron chi connectivity index (χ0n) is 20.9. The first-order chi connectivity index (χ1) is 18.4. The Labute approximate surface area is 221 Å².